The van der Waals surface area contributed by atoms with E-state index in [1.807, 2.05) is 0 Å². The number of hydrogen-bond donors (Lipinski definition) is 11. The first kappa shape index (κ1) is 35.3. The predicted molar refractivity (Wildman–Crippen MR) is 131 cm³/mol. The second-order valence-corrected chi connectivity index (χ2v) is 9.94. The summed E-state index contributed by atoms with van der Waals surface area (Å²) in [6.45, 7) is 3.02. The average Bonchev–Trinajstić information content (AvgIpc) is 2.96. The van der Waals surface area contributed by atoms with E-state index in [2.05, 4.69) is 6.58 Å². The van der Waals surface area contributed by atoms with Crippen molar-refractivity contribution in [3.05, 3.63) is 12.7 Å². The molecule has 0 amide bonds. The highest BCUT2D eigenvalue weighted by atomic mass is 16.8. The van der Waals surface area contributed by atoms with E-state index in [1.54, 1.807) is 6.08 Å². The number of allylic oxidation sites excluding steroid dienone is 1. The van der Waals surface area contributed by atoms with Gasteiger partial charge in [-0.2, -0.15) is 0 Å². The molecular formula is C24H44O16. The Morgan fingerprint density at radius 2 is 1.32 bits per heavy atom. The van der Waals surface area contributed by atoms with E-state index in [1.165, 1.54) is 6.92 Å². The molecule has 0 aromatic rings. The molecule has 0 saturated carbocycles. The highest BCUT2D eigenvalue weighted by Gasteiger charge is 2.52. The molecule has 236 valence electrons. The van der Waals surface area contributed by atoms with E-state index in [9.17, 15) is 56.2 Å². The van der Waals surface area contributed by atoms with Crippen LogP contribution in [0.1, 0.15) is 19.8 Å². The number of ether oxygens (including phenoxy) is 5. The lowest BCUT2D eigenvalue weighted by Gasteiger charge is -2.47. The Morgan fingerprint density at radius 3 is 1.85 bits per heavy atom. The minimum absolute atomic E-state index is 0.0843. The monoisotopic (exact) mass is 588 g/mol. The third kappa shape index (κ3) is 8.57. The maximum atomic E-state index is 10.8. The van der Waals surface area contributed by atoms with Crippen molar-refractivity contribution in [3.8, 4) is 0 Å². The van der Waals surface area contributed by atoms with E-state index in [0.29, 0.717) is 12.8 Å². The summed E-state index contributed by atoms with van der Waals surface area (Å²) >= 11 is 0. The van der Waals surface area contributed by atoms with Crippen LogP contribution in [-0.2, 0) is 23.7 Å². The summed E-state index contributed by atoms with van der Waals surface area (Å²) in [6, 6.07) is 0. The molecule has 11 N–H and O–H groups in total. The summed E-state index contributed by atoms with van der Waals surface area (Å²) < 4.78 is 27.7. The second kappa shape index (κ2) is 16.7. The highest BCUT2D eigenvalue weighted by Crippen LogP contribution is 2.31. The first-order valence-electron chi connectivity index (χ1n) is 13.0. The van der Waals surface area contributed by atoms with E-state index in [0.717, 1.165) is 0 Å². The lowest BCUT2D eigenvalue weighted by Crippen LogP contribution is -2.65. The molecule has 0 bridgehead atoms. The first-order chi connectivity index (χ1) is 18.9. The van der Waals surface area contributed by atoms with Gasteiger partial charge in [0.2, 0.25) is 0 Å². The van der Waals surface area contributed by atoms with Crippen LogP contribution in [0, 0.1) is 5.92 Å². The van der Waals surface area contributed by atoms with Gasteiger partial charge in [-0.15, -0.1) is 6.58 Å². The molecular weight excluding hydrogens is 544 g/mol. The molecule has 2 rings (SSSR count). The Labute approximate surface area is 231 Å². The van der Waals surface area contributed by atoms with Crippen molar-refractivity contribution in [1.29, 1.82) is 0 Å². The van der Waals surface area contributed by atoms with Crippen molar-refractivity contribution < 1.29 is 79.9 Å². The maximum absolute atomic E-state index is 10.8. The van der Waals surface area contributed by atoms with Crippen LogP contribution >= 0.6 is 0 Å². The molecule has 0 spiro atoms. The Morgan fingerprint density at radius 1 is 0.775 bits per heavy atom. The van der Waals surface area contributed by atoms with Crippen LogP contribution in [0.5, 0.6) is 0 Å². The Hall–Kier alpha value is -0.900. The molecule has 2 saturated heterocycles. The quantitative estimate of drug-likeness (QED) is 0.0456. The van der Waals surface area contributed by atoms with E-state index in [4.69, 9.17) is 23.7 Å². The summed E-state index contributed by atoms with van der Waals surface area (Å²) in [5, 5.41) is 112. The molecule has 2 aliphatic rings. The summed E-state index contributed by atoms with van der Waals surface area (Å²) in [5.41, 5.74) is 0. The Balaban J connectivity index is 2.28. The van der Waals surface area contributed by atoms with Gasteiger partial charge in [-0.3, -0.25) is 0 Å². The topological polar surface area (TPSA) is 269 Å². The van der Waals surface area contributed by atoms with Gasteiger partial charge in [0.25, 0.3) is 0 Å². The van der Waals surface area contributed by atoms with Crippen molar-refractivity contribution in [1.82, 2.24) is 0 Å². The average molecular weight is 589 g/mol. The van der Waals surface area contributed by atoms with Crippen LogP contribution in [0.15, 0.2) is 12.7 Å². The predicted octanol–water partition coefficient (Wildman–Crippen LogP) is -5.35. The minimum atomic E-state index is -2.31. The smallest absolute Gasteiger partial charge is 0.187 e. The van der Waals surface area contributed by atoms with Gasteiger partial charge in [0.1, 0.15) is 61.0 Å². The third-order valence-electron chi connectivity index (χ3n) is 6.93. The zero-order valence-electron chi connectivity index (χ0n) is 22.1. The second-order valence-electron chi connectivity index (χ2n) is 9.94. The zero-order valence-corrected chi connectivity index (χ0v) is 22.1. The molecule has 16 nitrogen and oxygen atoms in total. The summed E-state index contributed by atoms with van der Waals surface area (Å²) in [4.78, 5) is 0. The lowest BCUT2D eigenvalue weighted by molar-refractivity contribution is -0.382. The van der Waals surface area contributed by atoms with Crippen molar-refractivity contribution >= 4 is 0 Å². The highest BCUT2D eigenvalue weighted by molar-refractivity contribution is 4.95. The van der Waals surface area contributed by atoms with Crippen LogP contribution in [0.2, 0.25) is 0 Å². The number of hydrogen-bond acceptors (Lipinski definition) is 16. The first-order valence-corrected chi connectivity index (χ1v) is 13.0. The minimum Gasteiger partial charge on any atom is -0.396 e. The van der Waals surface area contributed by atoms with E-state index < -0.39 is 112 Å². The molecule has 15 atom stereocenters. The van der Waals surface area contributed by atoms with Crippen LogP contribution < -0.4 is 0 Å². The summed E-state index contributed by atoms with van der Waals surface area (Å²) in [6.07, 6.45) is -21.9. The molecule has 0 aromatic heterocycles. The molecule has 16 heteroatoms. The SMILES string of the molecule is C=CCCCOC1OC(CO)C(O)C(O)C1OC1OC(CO)C(O)C(O)C1OC(O)C(O)C(O)C(O)C(C)CO. The van der Waals surface area contributed by atoms with Gasteiger partial charge in [0, 0.05) is 12.5 Å². The molecule has 0 aromatic carbocycles. The molecule has 0 aliphatic carbocycles. The fourth-order valence-electron chi connectivity index (χ4n) is 4.28. The van der Waals surface area contributed by atoms with Gasteiger partial charge in [-0.25, -0.2) is 0 Å². The molecule has 0 radical (unpaired) electrons. The Bertz CT molecular complexity index is 731. The Kier molecular flexibility index (Phi) is 14.7. The summed E-state index contributed by atoms with van der Waals surface area (Å²) in [5.74, 6) is -0.894. The zero-order chi connectivity index (χ0) is 30.1. The van der Waals surface area contributed by atoms with Crippen molar-refractivity contribution in [2.75, 3.05) is 26.4 Å². The van der Waals surface area contributed by atoms with Gasteiger partial charge in [-0.05, 0) is 12.8 Å². The maximum Gasteiger partial charge on any atom is 0.187 e. The lowest BCUT2D eigenvalue weighted by atomic mass is 9.96. The molecule has 2 heterocycles. The third-order valence-corrected chi connectivity index (χ3v) is 6.93. The fraction of sp³-hybridized carbons (Fsp3) is 0.917. The number of aliphatic hydroxyl groups excluding tert-OH is 11. The van der Waals surface area contributed by atoms with Crippen LogP contribution in [0.25, 0.3) is 0 Å². The van der Waals surface area contributed by atoms with Crippen molar-refractivity contribution in [2.45, 2.75) is 106 Å². The largest absolute Gasteiger partial charge is 0.396 e. The van der Waals surface area contributed by atoms with Gasteiger partial charge in [0.15, 0.2) is 18.9 Å². The fourth-order valence-corrected chi connectivity index (χ4v) is 4.28. The normalized spacial score (nSPS) is 38.8. The van der Waals surface area contributed by atoms with Crippen LogP contribution in [-0.4, -0.2) is 169 Å². The molecule has 2 aliphatic heterocycles. The van der Waals surface area contributed by atoms with Gasteiger partial charge < -0.3 is 79.9 Å². The van der Waals surface area contributed by atoms with Gasteiger partial charge in [0.05, 0.1) is 25.9 Å². The number of unbranched alkanes of at least 4 members (excludes halogenated alkanes) is 1. The van der Waals surface area contributed by atoms with Crippen LogP contribution in [0.3, 0.4) is 0 Å². The van der Waals surface area contributed by atoms with Gasteiger partial charge in [-0.1, -0.05) is 13.0 Å². The van der Waals surface area contributed by atoms with Crippen molar-refractivity contribution in [3.63, 3.8) is 0 Å². The molecule has 40 heavy (non-hydrogen) atoms. The summed E-state index contributed by atoms with van der Waals surface area (Å²) in [7, 11) is 0. The standard InChI is InChI=1S/C24H44O16/c1-3-4-5-6-36-23-20(17(32)14(29)11(8-26)37-23)40-24-21(18(33)15(30)12(9-27)38-24)39-22(35)19(34)16(31)13(28)10(2)7-25/h3,10-35H,1,4-9H2,2H3. The van der Waals surface area contributed by atoms with Gasteiger partial charge >= 0.3 is 0 Å². The number of aliphatic hydroxyl groups is 11. The molecule has 2 fully saturated rings. The number of rotatable bonds is 16. The van der Waals surface area contributed by atoms with E-state index >= 15 is 0 Å². The van der Waals surface area contributed by atoms with Crippen molar-refractivity contribution in [2.24, 2.45) is 5.92 Å². The van der Waals surface area contributed by atoms with Crippen LogP contribution in [0.4, 0.5) is 0 Å². The molecule has 15 unspecified atom stereocenters. The van der Waals surface area contributed by atoms with E-state index in [-0.39, 0.29) is 6.61 Å².